The van der Waals surface area contributed by atoms with Crippen LogP contribution in [-0.2, 0) is 11.8 Å². The highest BCUT2D eigenvalue weighted by molar-refractivity contribution is 5.93. The van der Waals surface area contributed by atoms with Crippen LogP contribution in [0.25, 0.3) is 0 Å². The number of hydrogen-bond acceptors (Lipinski definition) is 3. The van der Waals surface area contributed by atoms with Gasteiger partial charge in [-0.25, -0.2) is 0 Å². The maximum atomic E-state index is 12.7. The minimum absolute atomic E-state index is 0.0297. The molecule has 0 radical (unpaired) electrons. The van der Waals surface area contributed by atoms with Gasteiger partial charge in [0.25, 0.3) is 5.91 Å². The Labute approximate surface area is 136 Å². The monoisotopic (exact) mass is 319 g/mol. The Morgan fingerprint density at radius 1 is 1.30 bits per heavy atom. The Morgan fingerprint density at radius 2 is 2.04 bits per heavy atom. The van der Waals surface area contributed by atoms with E-state index in [2.05, 4.69) is 5.10 Å². The molecule has 1 aliphatic heterocycles. The zero-order chi connectivity index (χ0) is 16.4. The van der Waals surface area contributed by atoms with E-state index in [4.69, 9.17) is 5.11 Å². The normalized spacial score (nSPS) is 22.0. The van der Waals surface area contributed by atoms with Gasteiger partial charge in [0.15, 0.2) is 0 Å². The van der Waals surface area contributed by atoms with E-state index in [0.717, 1.165) is 12.1 Å². The molecule has 1 aromatic rings. The van der Waals surface area contributed by atoms with E-state index in [1.54, 1.807) is 4.68 Å². The topological polar surface area (TPSA) is 75.4 Å². The van der Waals surface area contributed by atoms with Crippen LogP contribution in [-0.4, -0.2) is 44.8 Å². The molecule has 0 aromatic carbocycles. The lowest BCUT2D eigenvalue weighted by atomic mass is 10.0. The zero-order valence-electron chi connectivity index (χ0n) is 13.7. The molecule has 3 rings (SSSR count). The first-order chi connectivity index (χ1) is 11.0. The third-order valence-electron chi connectivity index (χ3n) is 5.23. The van der Waals surface area contributed by atoms with Crippen LogP contribution in [0.15, 0.2) is 6.07 Å². The highest BCUT2D eigenvalue weighted by atomic mass is 16.4. The number of carboxylic acid groups (broad SMARTS) is 1. The van der Waals surface area contributed by atoms with Gasteiger partial charge in [0.1, 0.15) is 5.69 Å². The fourth-order valence-corrected chi connectivity index (χ4v) is 3.85. The highest BCUT2D eigenvalue weighted by Crippen LogP contribution is 2.33. The van der Waals surface area contributed by atoms with Crippen LogP contribution in [0.5, 0.6) is 0 Å². The number of carboxylic acids is 1. The summed E-state index contributed by atoms with van der Waals surface area (Å²) in [6, 6.07) is 1.96. The van der Waals surface area contributed by atoms with Crippen molar-refractivity contribution in [3.05, 3.63) is 17.5 Å². The van der Waals surface area contributed by atoms with Crippen molar-refractivity contribution in [2.75, 3.05) is 13.1 Å². The van der Waals surface area contributed by atoms with Crippen molar-refractivity contribution < 1.29 is 14.7 Å². The maximum Gasteiger partial charge on any atom is 0.303 e. The molecule has 1 aliphatic carbocycles. The van der Waals surface area contributed by atoms with E-state index < -0.39 is 5.97 Å². The molecule has 1 amide bonds. The van der Waals surface area contributed by atoms with Crippen LogP contribution in [0.4, 0.5) is 0 Å². The quantitative estimate of drug-likeness (QED) is 0.904. The summed E-state index contributed by atoms with van der Waals surface area (Å²) in [4.78, 5) is 25.3. The van der Waals surface area contributed by atoms with Crippen LogP contribution in [0.1, 0.15) is 67.0 Å². The summed E-state index contributed by atoms with van der Waals surface area (Å²) >= 11 is 0. The molecule has 1 atom stereocenters. The van der Waals surface area contributed by atoms with Crippen molar-refractivity contribution in [3.8, 4) is 0 Å². The summed E-state index contributed by atoms with van der Waals surface area (Å²) in [5.41, 5.74) is 1.71. The first-order valence-corrected chi connectivity index (χ1v) is 8.59. The Morgan fingerprint density at radius 3 is 2.74 bits per heavy atom. The third-order valence-corrected chi connectivity index (χ3v) is 5.23. The molecule has 1 saturated carbocycles. The number of aryl methyl sites for hydroxylation is 1. The van der Waals surface area contributed by atoms with E-state index in [1.165, 1.54) is 25.7 Å². The smallest absolute Gasteiger partial charge is 0.303 e. The zero-order valence-corrected chi connectivity index (χ0v) is 13.7. The number of aromatic nitrogens is 2. The number of aliphatic carboxylic acids is 1. The van der Waals surface area contributed by atoms with Gasteiger partial charge in [-0.1, -0.05) is 12.8 Å². The molecular weight excluding hydrogens is 294 g/mol. The standard InChI is InChI=1S/C17H25N3O3/c1-19-15(10-14(18-19)13-4-2-3-5-13)17(23)20-9-8-12(11-20)6-7-16(21)22/h10,12-13H,2-9,11H2,1H3,(H,21,22). The number of nitrogens with zero attached hydrogens (tertiary/aromatic N) is 3. The number of carbonyl (C=O) groups is 2. The fourth-order valence-electron chi connectivity index (χ4n) is 3.85. The summed E-state index contributed by atoms with van der Waals surface area (Å²) in [6.07, 6.45) is 6.58. The van der Waals surface area contributed by atoms with E-state index in [0.29, 0.717) is 37.0 Å². The van der Waals surface area contributed by atoms with Crippen LogP contribution in [0, 0.1) is 5.92 Å². The molecule has 1 aromatic heterocycles. The number of likely N-dealkylation sites (tertiary alicyclic amines) is 1. The van der Waals surface area contributed by atoms with Gasteiger partial charge in [0.05, 0.1) is 5.69 Å². The summed E-state index contributed by atoms with van der Waals surface area (Å²) < 4.78 is 1.71. The molecule has 1 N–H and O–H groups in total. The second kappa shape index (κ2) is 6.72. The molecule has 0 bridgehead atoms. The molecule has 1 unspecified atom stereocenters. The van der Waals surface area contributed by atoms with E-state index in [-0.39, 0.29) is 12.3 Å². The second-order valence-electron chi connectivity index (χ2n) is 6.90. The van der Waals surface area contributed by atoms with Crippen LogP contribution in [0.2, 0.25) is 0 Å². The second-order valence-corrected chi connectivity index (χ2v) is 6.90. The van der Waals surface area contributed by atoms with E-state index in [1.807, 2.05) is 18.0 Å². The lowest BCUT2D eigenvalue weighted by Gasteiger charge is -2.16. The molecule has 23 heavy (non-hydrogen) atoms. The van der Waals surface area contributed by atoms with Gasteiger partial charge < -0.3 is 10.0 Å². The molecule has 1 saturated heterocycles. The average Bonchev–Trinajstić information content (AvgIpc) is 3.24. The minimum Gasteiger partial charge on any atom is -0.481 e. The lowest BCUT2D eigenvalue weighted by molar-refractivity contribution is -0.137. The van der Waals surface area contributed by atoms with Crippen molar-refractivity contribution in [3.63, 3.8) is 0 Å². The number of hydrogen-bond donors (Lipinski definition) is 1. The SMILES string of the molecule is Cn1nc(C2CCCC2)cc1C(=O)N1CCC(CCC(=O)O)C1. The molecule has 6 nitrogen and oxygen atoms in total. The minimum atomic E-state index is -0.761. The van der Waals surface area contributed by atoms with Gasteiger partial charge in [0, 0.05) is 32.5 Å². The van der Waals surface area contributed by atoms with E-state index in [9.17, 15) is 9.59 Å². The summed E-state index contributed by atoms with van der Waals surface area (Å²) in [5, 5.41) is 13.3. The summed E-state index contributed by atoms with van der Waals surface area (Å²) in [6.45, 7) is 1.38. The Hall–Kier alpha value is -1.85. The molecule has 2 fully saturated rings. The predicted octanol–water partition coefficient (Wildman–Crippen LogP) is 2.40. The Balaban J connectivity index is 1.63. The summed E-state index contributed by atoms with van der Waals surface area (Å²) in [5.74, 6) is 0.0758. The average molecular weight is 319 g/mol. The molecule has 6 heteroatoms. The predicted molar refractivity (Wildman–Crippen MR) is 85.3 cm³/mol. The van der Waals surface area contributed by atoms with Crippen molar-refractivity contribution in [2.24, 2.45) is 13.0 Å². The number of carbonyl (C=O) groups excluding carboxylic acids is 1. The third kappa shape index (κ3) is 3.57. The Kier molecular flexibility index (Phi) is 4.68. The van der Waals surface area contributed by atoms with Gasteiger partial charge in [-0.05, 0) is 37.7 Å². The summed E-state index contributed by atoms with van der Waals surface area (Å²) in [7, 11) is 1.84. The lowest BCUT2D eigenvalue weighted by Crippen LogP contribution is -2.30. The highest BCUT2D eigenvalue weighted by Gasteiger charge is 2.30. The molecule has 0 spiro atoms. The van der Waals surface area contributed by atoms with Crippen molar-refractivity contribution in [2.45, 2.75) is 50.9 Å². The largest absolute Gasteiger partial charge is 0.481 e. The van der Waals surface area contributed by atoms with Gasteiger partial charge in [-0.15, -0.1) is 0 Å². The van der Waals surface area contributed by atoms with Crippen molar-refractivity contribution in [1.82, 2.24) is 14.7 Å². The van der Waals surface area contributed by atoms with Gasteiger partial charge in [0.2, 0.25) is 0 Å². The van der Waals surface area contributed by atoms with Gasteiger partial charge in [-0.2, -0.15) is 5.10 Å². The Bertz CT molecular complexity index is 590. The molecular formula is C17H25N3O3. The van der Waals surface area contributed by atoms with Gasteiger partial charge in [-0.3, -0.25) is 14.3 Å². The number of rotatable bonds is 5. The number of amides is 1. The van der Waals surface area contributed by atoms with Crippen LogP contribution < -0.4 is 0 Å². The molecule has 2 aliphatic rings. The van der Waals surface area contributed by atoms with Crippen LogP contribution in [0.3, 0.4) is 0 Å². The van der Waals surface area contributed by atoms with Crippen LogP contribution >= 0.6 is 0 Å². The molecule has 126 valence electrons. The first-order valence-electron chi connectivity index (χ1n) is 8.59. The van der Waals surface area contributed by atoms with Gasteiger partial charge >= 0.3 is 5.97 Å². The maximum absolute atomic E-state index is 12.7. The van der Waals surface area contributed by atoms with Crippen molar-refractivity contribution in [1.29, 1.82) is 0 Å². The first kappa shape index (κ1) is 16.0. The van der Waals surface area contributed by atoms with Crippen molar-refractivity contribution >= 4 is 11.9 Å². The fraction of sp³-hybridized carbons (Fsp3) is 0.706. The molecule has 2 heterocycles. The van der Waals surface area contributed by atoms with E-state index >= 15 is 0 Å².